The molecular weight excluding hydrogens is 392 g/mol. The van der Waals surface area contributed by atoms with Crippen LogP contribution >= 0.6 is 0 Å². The lowest BCUT2D eigenvalue weighted by molar-refractivity contribution is -0.114. The standard InChI is InChI=1S/C25H20N2O4/c1-17(28)26-23-11-5-8-20(16-23)24(29)27-22-10-4-7-19(15-22)13-12-18-6-3-9-21(14-18)25(30)31-2/h3-11,14-16H,1-2H3,(H,26,28)(H,27,29). The Hall–Kier alpha value is -4.37. The van der Waals surface area contributed by atoms with Crippen LogP contribution in [-0.4, -0.2) is 24.9 Å². The van der Waals surface area contributed by atoms with E-state index in [0.29, 0.717) is 33.6 Å². The number of benzene rings is 3. The van der Waals surface area contributed by atoms with Gasteiger partial charge in [0.2, 0.25) is 5.91 Å². The molecule has 2 amide bonds. The van der Waals surface area contributed by atoms with Crippen LogP contribution in [0.3, 0.4) is 0 Å². The number of hydrogen-bond acceptors (Lipinski definition) is 4. The number of esters is 1. The second kappa shape index (κ2) is 9.90. The fraction of sp³-hybridized carbons (Fsp3) is 0.0800. The normalized spacial score (nSPS) is 9.74. The van der Waals surface area contributed by atoms with E-state index < -0.39 is 5.97 Å². The van der Waals surface area contributed by atoms with Gasteiger partial charge in [0.25, 0.3) is 5.91 Å². The van der Waals surface area contributed by atoms with Gasteiger partial charge in [-0.05, 0) is 54.6 Å². The lowest BCUT2D eigenvalue weighted by atomic mass is 10.1. The largest absolute Gasteiger partial charge is 0.465 e. The summed E-state index contributed by atoms with van der Waals surface area (Å²) >= 11 is 0. The van der Waals surface area contributed by atoms with Crippen molar-refractivity contribution in [2.45, 2.75) is 6.92 Å². The zero-order chi connectivity index (χ0) is 22.2. The average molecular weight is 412 g/mol. The molecule has 154 valence electrons. The Balaban J connectivity index is 1.75. The lowest BCUT2D eigenvalue weighted by Gasteiger charge is -2.08. The highest BCUT2D eigenvalue weighted by Gasteiger charge is 2.08. The molecule has 31 heavy (non-hydrogen) atoms. The van der Waals surface area contributed by atoms with E-state index in [9.17, 15) is 14.4 Å². The van der Waals surface area contributed by atoms with Gasteiger partial charge in [0, 0.05) is 35.0 Å². The summed E-state index contributed by atoms with van der Waals surface area (Å²) in [7, 11) is 1.33. The highest BCUT2D eigenvalue weighted by molar-refractivity contribution is 6.05. The van der Waals surface area contributed by atoms with Crippen LogP contribution < -0.4 is 10.6 Å². The molecule has 0 bridgehead atoms. The number of ether oxygens (including phenoxy) is 1. The van der Waals surface area contributed by atoms with E-state index in [-0.39, 0.29) is 11.8 Å². The number of carbonyl (C=O) groups is 3. The first-order valence-electron chi connectivity index (χ1n) is 9.44. The van der Waals surface area contributed by atoms with Gasteiger partial charge in [0.15, 0.2) is 0 Å². The molecule has 6 nitrogen and oxygen atoms in total. The molecule has 0 aromatic heterocycles. The number of carbonyl (C=O) groups excluding carboxylic acids is 3. The van der Waals surface area contributed by atoms with Crippen molar-refractivity contribution in [3.05, 3.63) is 95.1 Å². The van der Waals surface area contributed by atoms with Crippen LogP contribution in [0.2, 0.25) is 0 Å². The molecule has 3 aromatic rings. The first kappa shape index (κ1) is 21.3. The quantitative estimate of drug-likeness (QED) is 0.499. The molecular formula is C25H20N2O4. The number of hydrogen-bond donors (Lipinski definition) is 2. The summed E-state index contributed by atoms with van der Waals surface area (Å²) in [6.45, 7) is 1.41. The summed E-state index contributed by atoms with van der Waals surface area (Å²) in [5, 5.41) is 5.48. The van der Waals surface area contributed by atoms with Crippen LogP contribution in [0.4, 0.5) is 11.4 Å². The van der Waals surface area contributed by atoms with Crippen molar-refractivity contribution in [1.29, 1.82) is 0 Å². The SMILES string of the molecule is COC(=O)c1cccc(C#Cc2cccc(NC(=O)c3cccc(NC(C)=O)c3)c2)c1. The van der Waals surface area contributed by atoms with Crippen LogP contribution in [0, 0.1) is 11.8 Å². The van der Waals surface area contributed by atoms with Crippen molar-refractivity contribution in [3.63, 3.8) is 0 Å². The highest BCUT2D eigenvalue weighted by Crippen LogP contribution is 2.15. The monoisotopic (exact) mass is 412 g/mol. The van der Waals surface area contributed by atoms with Gasteiger partial charge < -0.3 is 15.4 Å². The summed E-state index contributed by atoms with van der Waals surface area (Å²) in [5.74, 6) is 5.11. The first-order valence-corrected chi connectivity index (χ1v) is 9.44. The van der Waals surface area contributed by atoms with Crippen molar-refractivity contribution >= 4 is 29.2 Å². The molecule has 3 aromatic carbocycles. The molecule has 0 aliphatic heterocycles. The van der Waals surface area contributed by atoms with Gasteiger partial charge in [0.05, 0.1) is 12.7 Å². The number of methoxy groups -OCH3 is 1. The fourth-order valence-electron chi connectivity index (χ4n) is 2.81. The third kappa shape index (κ3) is 6.05. The van der Waals surface area contributed by atoms with Gasteiger partial charge >= 0.3 is 5.97 Å². The van der Waals surface area contributed by atoms with Crippen LogP contribution in [0.15, 0.2) is 72.8 Å². The van der Waals surface area contributed by atoms with Crippen LogP contribution in [0.1, 0.15) is 38.8 Å². The molecule has 0 saturated heterocycles. The average Bonchev–Trinajstić information content (AvgIpc) is 2.77. The first-order chi connectivity index (χ1) is 14.9. The third-order valence-electron chi connectivity index (χ3n) is 4.20. The summed E-state index contributed by atoms with van der Waals surface area (Å²) < 4.78 is 4.72. The van der Waals surface area contributed by atoms with Gasteiger partial charge in [-0.2, -0.15) is 0 Å². The molecule has 0 aliphatic carbocycles. The minimum Gasteiger partial charge on any atom is -0.465 e. The summed E-state index contributed by atoms with van der Waals surface area (Å²) in [5.41, 5.74) is 3.36. The molecule has 6 heteroatoms. The summed E-state index contributed by atoms with van der Waals surface area (Å²) in [6.07, 6.45) is 0. The Kier molecular flexibility index (Phi) is 6.82. The van der Waals surface area contributed by atoms with E-state index in [0.717, 1.165) is 0 Å². The Labute approximate surface area is 180 Å². The molecule has 2 N–H and O–H groups in total. The Morgan fingerprint density at radius 1 is 0.742 bits per heavy atom. The molecule has 0 aliphatic rings. The zero-order valence-corrected chi connectivity index (χ0v) is 17.1. The molecule has 0 spiro atoms. The lowest BCUT2D eigenvalue weighted by Crippen LogP contribution is -2.13. The van der Waals surface area contributed by atoms with Gasteiger partial charge in [0.1, 0.15) is 0 Å². The second-order valence-electron chi connectivity index (χ2n) is 6.62. The van der Waals surface area contributed by atoms with Gasteiger partial charge in [-0.3, -0.25) is 9.59 Å². The maximum atomic E-state index is 12.6. The Morgan fingerprint density at radius 3 is 2.00 bits per heavy atom. The fourth-order valence-corrected chi connectivity index (χ4v) is 2.81. The summed E-state index contributed by atoms with van der Waals surface area (Å²) in [4.78, 5) is 35.4. The van der Waals surface area contributed by atoms with Crippen molar-refractivity contribution in [2.75, 3.05) is 17.7 Å². The zero-order valence-electron chi connectivity index (χ0n) is 17.1. The number of amides is 2. The van der Waals surface area contributed by atoms with Crippen molar-refractivity contribution in [2.24, 2.45) is 0 Å². The molecule has 0 fully saturated rings. The van der Waals surface area contributed by atoms with E-state index >= 15 is 0 Å². The van der Waals surface area contributed by atoms with Crippen molar-refractivity contribution in [1.82, 2.24) is 0 Å². The van der Waals surface area contributed by atoms with E-state index in [1.54, 1.807) is 66.7 Å². The van der Waals surface area contributed by atoms with Crippen molar-refractivity contribution < 1.29 is 19.1 Å². The minimum absolute atomic E-state index is 0.207. The molecule has 0 saturated carbocycles. The minimum atomic E-state index is -0.420. The third-order valence-corrected chi connectivity index (χ3v) is 4.20. The molecule has 0 unspecified atom stereocenters. The maximum absolute atomic E-state index is 12.6. The van der Waals surface area contributed by atoms with E-state index in [4.69, 9.17) is 4.74 Å². The van der Waals surface area contributed by atoms with Crippen LogP contribution in [-0.2, 0) is 9.53 Å². The number of nitrogens with one attached hydrogen (secondary N) is 2. The topological polar surface area (TPSA) is 84.5 Å². The number of rotatable bonds is 4. The van der Waals surface area contributed by atoms with Gasteiger partial charge in [-0.1, -0.05) is 30.0 Å². The molecule has 0 heterocycles. The Bertz CT molecular complexity index is 1210. The second-order valence-corrected chi connectivity index (χ2v) is 6.62. The van der Waals surface area contributed by atoms with E-state index in [2.05, 4.69) is 22.5 Å². The van der Waals surface area contributed by atoms with Gasteiger partial charge in [-0.15, -0.1) is 0 Å². The van der Waals surface area contributed by atoms with Crippen LogP contribution in [0.25, 0.3) is 0 Å². The predicted octanol–water partition coefficient (Wildman–Crippen LogP) is 4.08. The smallest absolute Gasteiger partial charge is 0.337 e. The van der Waals surface area contributed by atoms with E-state index in [1.807, 2.05) is 6.07 Å². The highest BCUT2D eigenvalue weighted by atomic mass is 16.5. The van der Waals surface area contributed by atoms with Gasteiger partial charge in [-0.25, -0.2) is 4.79 Å². The van der Waals surface area contributed by atoms with Crippen LogP contribution in [0.5, 0.6) is 0 Å². The maximum Gasteiger partial charge on any atom is 0.337 e. The molecule has 0 radical (unpaired) electrons. The molecule has 3 rings (SSSR count). The predicted molar refractivity (Wildman–Crippen MR) is 119 cm³/mol. The number of anilines is 2. The van der Waals surface area contributed by atoms with Crippen molar-refractivity contribution in [3.8, 4) is 11.8 Å². The molecule has 0 atom stereocenters. The Morgan fingerprint density at radius 2 is 1.32 bits per heavy atom. The van der Waals surface area contributed by atoms with E-state index in [1.165, 1.54) is 14.0 Å². The summed E-state index contributed by atoms with van der Waals surface area (Å²) in [6, 6.07) is 20.7.